The number of hydrogen-bond acceptors (Lipinski definition) is 4. The van der Waals surface area contributed by atoms with E-state index in [1.54, 1.807) is 0 Å². The molecule has 0 amide bonds. The van der Waals surface area contributed by atoms with Gasteiger partial charge in [-0.25, -0.2) is 0 Å². The van der Waals surface area contributed by atoms with E-state index in [9.17, 15) is 0 Å². The fourth-order valence-corrected chi connectivity index (χ4v) is 2.71. The maximum atomic E-state index is 8.92. The second-order valence-corrected chi connectivity index (χ2v) is 5.29. The van der Waals surface area contributed by atoms with Gasteiger partial charge in [0, 0.05) is 67.8 Å². The minimum absolute atomic E-state index is 0.262. The fourth-order valence-electron chi connectivity index (χ4n) is 2.27. The molecule has 2 N–H and O–H groups in total. The van der Waals surface area contributed by atoms with E-state index in [-0.39, 0.29) is 6.61 Å². The van der Waals surface area contributed by atoms with Crippen LogP contribution in [0.25, 0.3) is 0 Å². The molecule has 1 fully saturated rings. The topological polar surface area (TPSA) is 38.7 Å². The Bertz CT molecular complexity index is 350. The second-order valence-electron chi connectivity index (χ2n) is 4.53. The van der Waals surface area contributed by atoms with E-state index >= 15 is 0 Å². The summed E-state index contributed by atoms with van der Waals surface area (Å²) in [7, 11) is 0. The van der Waals surface area contributed by atoms with Gasteiger partial charge in [-0.15, -0.1) is 0 Å². The van der Waals surface area contributed by atoms with Crippen LogP contribution in [0.4, 0.5) is 5.69 Å². The number of anilines is 1. The molecule has 4 nitrogen and oxygen atoms in total. The Morgan fingerprint density at radius 2 is 1.78 bits per heavy atom. The molecule has 100 valence electrons. The first-order valence-corrected chi connectivity index (χ1v) is 7.42. The van der Waals surface area contributed by atoms with Gasteiger partial charge >= 0.3 is 0 Å². The summed E-state index contributed by atoms with van der Waals surface area (Å²) in [5.41, 5.74) is 2.61. The van der Waals surface area contributed by atoms with Crippen molar-refractivity contribution < 1.29 is 5.11 Å². The van der Waals surface area contributed by atoms with Gasteiger partial charge in [-0.3, -0.25) is 8.43 Å². The highest BCUT2D eigenvalue weighted by Crippen LogP contribution is 2.17. The fraction of sp³-hybridized carbons (Fsp3) is 0.538. The Morgan fingerprint density at radius 3 is 2.33 bits per heavy atom. The number of halogens is 1. The molecule has 5 heteroatoms. The van der Waals surface area contributed by atoms with Gasteiger partial charge in [-0.05, 0) is 17.7 Å². The van der Waals surface area contributed by atoms with E-state index in [1.165, 1.54) is 11.3 Å². The van der Waals surface area contributed by atoms with Gasteiger partial charge in [-0.1, -0.05) is 12.1 Å². The number of benzene rings is 1. The van der Waals surface area contributed by atoms with Gasteiger partial charge in [0.2, 0.25) is 0 Å². The van der Waals surface area contributed by atoms with Crippen LogP contribution >= 0.6 is 22.9 Å². The Kier molecular flexibility index (Phi) is 5.68. The molecule has 0 radical (unpaired) electrons. The molecule has 1 saturated heterocycles. The van der Waals surface area contributed by atoms with Crippen molar-refractivity contribution in [2.24, 2.45) is 0 Å². The van der Waals surface area contributed by atoms with Crippen molar-refractivity contribution in [2.45, 2.75) is 6.54 Å². The number of nitrogens with one attached hydrogen (secondary N) is 1. The lowest BCUT2D eigenvalue weighted by Crippen LogP contribution is -2.47. The summed E-state index contributed by atoms with van der Waals surface area (Å²) in [6.45, 7) is 6.14. The summed E-state index contributed by atoms with van der Waals surface area (Å²) >= 11 is 2.17. The van der Waals surface area contributed by atoms with Crippen molar-refractivity contribution in [3.8, 4) is 0 Å². The van der Waals surface area contributed by atoms with Gasteiger partial charge < -0.3 is 10.0 Å². The molecule has 1 aromatic carbocycles. The van der Waals surface area contributed by atoms with E-state index in [1.807, 2.05) is 0 Å². The predicted octanol–water partition coefficient (Wildman–Crippen LogP) is 1.24. The van der Waals surface area contributed by atoms with Gasteiger partial charge in [0.05, 0.1) is 6.61 Å². The van der Waals surface area contributed by atoms with Crippen LogP contribution in [0.3, 0.4) is 0 Å². The molecule has 1 aliphatic heterocycles. The lowest BCUT2D eigenvalue weighted by atomic mass is 10.2. The van der Waals surface area contributed by atoms with Gasteiger partial charge in [0.25, 0.3) is 0 Å². The van der Waals surface area contributed by atoms with Crippen molar-refractivity contribution in [2.75, 3.05) is 44.2 Å². The van der Waals surface area contributed by atoms with Crippen LogP contribution in [-0.4, -0.2) is 49.3 Å². The molecule has 0 atom stereocenters. The van der Waals surface area contributed by atoms with E-state index in [4.69, 9.17) is 5.11 Å². The maximum absolute atomic E-state index is 8.92. The molecule has 18 heavy (non-hydrogen) atoms. The molecular formula is C13H20IN3O. The number of aliphatic hydroxyl groups excluding tert-OH is 1. The second kappa shape index (κ2) is 7.28. The molecule has 0 saturated carbocycles. The van der Waals surface area contributed by atoms with Crippen LogP contribution in [0.15, 0.2) is 24.3 Å². The van der Waals surface area contributed by atoms with E-state index in [2.05, 4.69) is 60.5 Å². The first-order chi connectivity index (χ1) is 8.83. The van der Waals surface area contributed by atoms with Crippen LogP contribution in [-0.2, 0) is 6.54 Å². The molecule has 0 spiro atoms. The lowest BCUT2D eigenvalue weighted by Gasteiger charge is -2.35. The maximum Gasteiger partial charge on any atom is 0.0558 e. The first kappa shape index (κ1) is 14.0. The predicted molar refractivity (Wildman–Crippen MR) is 83.0 cm³/mol. The zero-order valence-corrected chi connectivity index (χ0v) is 12.6. The number of aliphatic hydroxyl groups is 1. The van der Waals surface area contributed by atoms with Crippen LogP contribution < -0.4 is 8.43 Å². The quantitative estimate of drug-likeness (QED) is 0.612. The molecule has 0 bridgehead atoms. The molecule has 0 unspecified atom stereocenters. The summed E-state index contributed by atoms with van der Waals surface area (Å²) in [6, 6.07) is 8.76. The number of nitrogens with zero attached hydrogens (tertiary/aromatic N) is 2. The Hall–Kier alpha value is -0.370. The number of β-amino-alcohol motifs (C(OH)–C–C–N with tert-alkyl or cyclic N) is 1. The highest BCUT2D eigenvalue weighted by Gasteiger charge is 2.16. The normalized spacial score (nSPS) is 17.1. The minimum atomic E-state index is 0.262. The Morgan fingerprint density at radius 1 is 1.11 bits per heavy atom. The van der Waals surface area contributed by atoms with Crippen LogP contribution in [0, 0.1) is 0 Å². The van der Waals surface area contributed by atoms with Crippen molar-refractivity contribution in [1.29, 1.82) is 0 Å². The highest BCUT2D eigenvalue weighted by molar-refractivity contribution is 14.1. The van der Waals surface area contributed by atoms with Gasteiger partial charge in [0.1, 0.15) is 0 Å². The number of hydrogen-bond donors (Lipinski definition) is 2. The standard InChI is InChI=1S/C13H20IN3O/c14-15-11-12-1-3-13(4-2-12)17-7-5-16(6-8-17)9-10-18/h1-4,15,18H,5-11H2. The van der Waals surface area contributed by atoms with E-state index in [0.29, 0.717) is 0 Å². The van der Waals surface area contributed by atoms with Crippen LogP contribution in [0.1, 0.15) is 5.56 Å². The van der Waals surface area contributed by atoms with Gasteiger partial charge in [0.15, 0.2) is 0 Å². The highest BCUT2D eigenvalue weighted by atomic mass is 127. The summed E-state index contributed by atoms with van der Waals surface area (Å²) in [5, 5.41) is 8.92. The van der Waals surface area contributed by atoms with Crippen LogP contribution in [0.5, 0.6) is 0 Å². The summed E-state index contributed by atoms with van der Waals surface area (Å²) in [4.78, 5) is 4.72. The third-order valence-corrected chi connectivity index (χ3v) is 3.74. The van der Waals surface area contributed by atoms with Crippen molar-refractivity contribution >= 4 is 28.6 Å². The zero-order chi connectivity index (χ0) is 12.8. The average Bonchev–Trinajstić information content (AvgIpc) is 2.41. The molecule has 1 heterocycles. The average molecular weight is 361 g/mol. The molecule has 2 rings (SSSR count). The largest absolute Gasteiger partial charge is 0.395 e. The lowest BCUT2D eigenvalue weighted by molar-refractivity contribution is 0.189. The third kappa shape index (κ3) is 3.81. The minimum Gasteiger partial charge on any atom is -0.395 e. The molecule has 0 aliphatic carbocycles. The molecule has 0 aromatic heterocycles. The van der Waals surface area contributed by atoms with Crippen molar-refractivity contribution in [1.82, 2.24) is 8.43 Å². The van der Waals surface area contributed by atoms with Crippen molar-refractivity contribution in [3.05, 3.63) is 29.8 Å². The third-order valence-electron chi connectivity index (χ3n) is 3.36. The number of rotatable bonds is 5. The summed E-state index contributed by atoms with van der Waals surface area (Å²) in [5.74, 6) is 0. The smallest absolute Gasteiger partial charge is 0.0558 e. The number of piperazine rings is 1. The SMILES string of the molecule is OCCN1CCN(c2ccc(CNI)cc2)CC1. The Labute approximate surface area is 122 Å². The van der Waals surface area contributed by atoms with E-state index < -0.39 is 0 Å². The molecule has 1 aliphatic rings. The monoisotopic (exact) mass is 361 g/mol. The zero-order valence-electron chi connectivity index (χ0n) is 10.5. The van der Waals surface area contributed by atoms with Crippen LogP contribution in [0.2, 0.25) is 0 Å². The summed E-state index contributed by atoms with van der Waals surface area (Å²) in [6.07, 6.45) is 0. The molecule has 1 aromatic rings. The van der Waals surface area contributed by atoms with Gasteiger partial charge in [-0.2, -0.15) is 0 Å². The first-order valence-electron chi connectivity index (χ1n) is 6.34. The molecular weight excluding hydrogens is 341 g/mol. The van der Waals surface area contributed by atoms with E-state index in [0.717, 1.165) is 39.3 Å². The Balaban J connectivity index is 1.89. The van der Waals surface area contributed by atoms with Crippen molar-refractivity contribution in [3.63, 3.8) is 0 Å². The summed E-state index contributed by atoms with van der Waals surface area (Å²) < 4.78 is 3.13.